The number of carbonyl (C=O) groups is 1. The molecule has 5 heteroatoms. The molecule has 0 amide bonds. The Hall–Kier alpha value is -1.62. The molecule has 0 aliphatic rings. The summed E-state index contributed by atoms with van der Waals surface area (Å²) < 4.78 is 5.55. The van der Waals surface area contributed by atoms with Crippen LogP contribution in [0.4, 0.5) is 0 Å². The van der Waals surface area contributed by atoms with Crippen molar-refractivity contribution in [1.82, 2.24) is 4.98 Å². The van der Waals surface area contributed by atoms with Crippen LogP contribution in [0, 0.1) is 6.92 Å². The number of hydrogen-bond acceptors (Lipinski definition) is 4. The summed E-state index contributed by atoms with van der Waals surface area (Å²) in [4.78, 5) is 15.7. The Morgan fingerprint density at radius 3 is 3.06 bits per heavy atom. The lowest BCUT2D eigenvalue weighted by Gasteiger charge is -1.91. The van der Waals surface area contributed by atoms with Gasteiger partial charge in [0.25, 0.3) is 0 Å². The van der Waals surface area contributed by atoms with Crippen LogP contribution in [0.25, 0.3) is 10.6 Å². The molecule has 0 radical (unpaired) electrons. The summed E-state index contributed by atoms with van der Waals surface area (Å²) in [6.45, 7) is 1.86. The first-order valence-corrected chi connectivity index (χ1v) is 5.77. The Morgan fingerprint density at radius 1 is 1.62 bits per heavy atom. The van der Waals surface area contributed by atoms with Gasteiger partial charge < -0.3 is 9.52 Å². The van der Waals surface area contributed by atoms with Crippen molar-refractivity contribution in [1.29, 1.82) is 0 Å². The average molecular weight is 237 g/mol. The number of aliphatic carboxylic acids is 1. The van der Waals surface area contributed by atoms with Gasteiger partial charge in [0.1, 0.15) is 0 Å². The van der Waals surface area contributed by atoms with Crippen molar-refractivity contribution in [2.75, 3.05) is 0 Å². The van der Waals surface area contributed by atoms with E-state index in [2.05, 4.69) is 4.98 Å². The van der Waals surface area contributed by atoms with Gasteiger partial charge in [0.15, 0.2) is 11.7 Å². The summed E-state index contributed by atoms with van der Waals surface area (Å²) in [5.74, 6) is 0.396. The van der Waals surface area contributed by atoms with Crippen molar-refractivity contribution in [2.24, 2.45) is 0 Å². The van der Waals surface area contributed by atoms with Crippen molar-refractivity contribution in [2.45, 2.75) is 19.8 Å². The van der Waals surface area contributed by atoms with Crippen molar-refractivity contribution in [3.8, 4) is 10.6 Å². The first-order chi connectivity index (χ1) is 7.66. The molecule has 0 fully saturated rings. The SMILES string of the molecule is Cc1nc(CCC(=O)O)oc1-c1cccs1. The lowest BCUT2D eigenvalue weighted by Crippen LogP contribution is -1.97. The zero-order valence-corrected chi connectivity index (χ0v) is 9.58. The lowest BCUT2D eigenvalue weighted by molar-refractivity contribution is -0.137. The second-order valence-electron chi connectivity index (χ2n) is 3.39. The molecule has 16 heavy (non-hydrogen) atoms. The minimum atomic E-state index is -0.839. The van der Waals surface area contributed by atoms with Crippen molar-refractivity contribution in [3.05, 3.63) is 29.1 Å². The Balaban J connectivity index is 2.19. The van der Waals surface area contributed by atoms with Gasteiger partial charge in [-0.15, -0.1) is 11.3 Å². The van der Waals surface area contributed by atoms with Crippen LogP contribution in [-0.4, -0.2) is 16.1 Å². The third kappa shape index (κ3) is 2.30. The summed E-state index contributed by atoms with van der Waals surface area (Å²) in [5, 5.41) is 10.5. The molecule has 2 heterocycles. The van der Waals surface area contributed by atoms with Crippen LogP contribution in [0.2, 0.25) is 0 Å². The highest BCUT2D eigenvalue weighted by Gasteiger charge is 2.13. The van der Waals surface area contributed by atoms with E-state index in [4.69, 9.17) is 9.52 Å². The Morgan fingerprint density at radius 2 is 2.44 bits per heavy atom. The third-order valence-electron chi connectivity index (χ3n) is 2.14. The maximum Gasteiger partial charge on any atom is 0.303 e. The van der Waals surface area contributed by atoms with E-state index in [0.717, 1.165) is 16.3 Å². The maximum atomic E-state index is 10.4. The second-order valence-corrected chi connectivity index (χ2v) is 4.34. The maximum absolute atomic E-state index is 10.4. The molecule has 0 bridgehead atoms. The molecule has 0 aromatic carbocycles. The summed E-state index contributed by atoms with van der Waals surface area (Å²) in [6.07, 6.45) is 0.380. The van der Waals surface area contributed by atoms with Crippen LogP contribution in [0.1, 0.15) is 18.0 Å². The smallest absolute Gasteiger partial charge is 0.303 e. The number of carboxylic acids is 1. The van der Waals surface area contributed by atoms with Crippen LogP contribution < -0.4 is 0 Å². The summed E-state index contributed by atoms with van der Waals surface area (Å²) in [7, 11) is 0. The van der Waals surface area contributed by atoms with Gasteiger partial charge in [-0.05, 0) is 18.4 Å². The van der Waals surface area contributed by atoms with Crippen LogP contribution in [-0.2, 0) is 11.2 Å². The molecule has 4 nitrogen and oxygen atoms in total. The van der Waals surface area contributed by atoms with Gasteiger partial charge in [0.05, 0.1) is 17.0 Å². The molecule has 0 saturated carbocycles. The molecular weight excluding hydrogens is 226 g/mol. The molecule has 2 aromatic heterocycles. The predicted octanol–water partition coefficient (Wildman–Crippen LogP) is 2.73. The van der Waals surface area contributed by atoms with E-state index in [1.165, 1.54) is 0 Å². The zero-order chi connectivity index (χ0) is 11.5. The fourth-order valence-electron chi connectivity index (χ4n) is 1.41. The molecule has 0 aliphatic carbocycles. The number of hydrogen-bond donors (Lipinski definition) is 1. The number of rotatable bonds is 4. The average Bonchev–Trinajstić information content (AvgIpc) is 2.83. The topological polar surface area (TPSA) is 63.3 Å². The van der Waals surface area contributed by atoms with Crippen LogP contribution in [0.3, 0.4) is 0 Å². The van der Waals surface area contributed by atoms with Gasteiger partial charge in [0, 0.05) is 6.42 Å². The molecule has 84 valence electrons. The number of oxazole rings is 1. The first kappa shape index (κ1) is 10.9. The molecule has 0 aliphatic heterocycles. The van der Waals surface area contributed by atoms with Gasteiger partial charge >= 0.3 is 5.97 Å². The van der Waals surface area contributed by atoms with Gasteiger partial charge in [-0.1, -0.05) is 6.07 Å². The molecule has 1 N–H and O–H groups in total. The number of aryl methyl sites for hydroxylation is 2. The lowest BCUT2D eigenvalue weighted by atomic mass is 10.3. The third-order valence-corrected chi connectivity index (χ3v) is 3.01. The minimum absolute atomic E-state index is 0.0455. The fraction of sp³-hybridized carbons (Fsp3) is 0.273. The van der Waals surface area contributed by atoms with Crippen molar-refractivity contribution in [3.63, 3.8) is 0 Å². The standard InChI is InChI=1S/C11H11NO3S/c1-7-11(8-3-2-6-16-8)15-9(12-7)4-5-10(13)14/h2-3,6H,4-5H2,1H3,(H,13,14). The van der Waals surface area contributed by atoms with Crippen LogP contribution >= 0.6 is 11.3 Å². The van der Waals surface area contributed by atoms with Gasteiger partial charge in [-0.25, -0.2) is 4.98 Å². The zero-order valence-electron chi connectivity index (χ0n) is 8.77. The fourth-order valence-corrected chi connectivity index (χ4v) is 2.17. The van der Waals surface area contributed by atoms with E-state index < -0.39 is 5.97 Å². The molecule has 2 aromatic rings. The predicted molar refractivity (Wildman–Crippen MR) is 60.5 cm³/mol. The van der Waals surface area contributed by atoms with E-state index in [1.807, 2.05) is 24.4 Å². The second kappa shape index (κ2) is 4.49. The van der Waals surface area contributed by atoms with E-state index in [-0.39, 0.29) is 6.42 Å². The van der Waals surface area contributed by atoms with Crippen LogP contribution in [0.15, 0.2) is 21.9 Å². The molecular formula is C11H11NO3S. The number of thiophene rings is 1. The monoisotopic (exact) mass is 237 g/mol. The van der Waals surface area contributed by atoms with E-state index in [0.29, 0.717) is 12.3 Å². The van der Waals surface area contributed by atoms with Crippen molar-refractivity contribution >= 4 is 17.3 Å². The highest BCUT2D eigenvalue weighted by atomic mass is 32.1. The minimum Gasteiger partial charge on any atom is -0.481 e. The van der Waals surface area contributed by atoms with Gasteiger partial charge in [0.2, 0.25) is 0 Å². The van der Waals surface area contributed by atoms with Gasteiger partial charge in [-0.3, -0.25) is 4.79 Å². The molecule has 0 atom stereocenters. The number of nitrogens with zero attached hydrogens (tertiary/aromatic N) is 1. The molecule has 0 unspecified atom stereocenters. The Bertz CT molecular complexity index is 487. The van der Waals surface area contributed by atoms with Gasteiger partial charge in [-0.2, -0.15) is 0 Å². The normalized spacial score (nSPS) is 10.6. The van der Waals surface area contributed by atoms with Crippen LogP contribution in [0.5, 0.6) is 0 Å². The van der Waals surface area contributed by atoms with E-state index in [1.54, 1.807) is 11.3 Å². The first-order valence-electron chi connectivity index (χ1n) is 4.89. The largest absolute Gasteiger partial charge is 0.481 e. The summed E-state index contributed by atoms with van der Waals surface area (Å²) in [6, 6.07) is 3.90. The molecule has 0 spiro atoms. The van der Waals surface area contributed by atoms with E-state index in [9.17, 15) is 4.79 Å². The van der Waals surface area contributed by atoms with E-state index >= 15 is 0 Å². The highest BCUT2D eigenvalue weighted by Crippen LogP contribution is 2.28. The highest BCUT2D eigenvalue weighted by molar-refractivity contribution is 7.13. The molecule has 2 rings (SSSR count). The number of aromatic nitrogens is 1. The van der Waals surface area contributed by atoms with Crippen molar-refractivity contribution < 1.29 is 14.3 Å². The Kier molecular flexibility index (Phi) is 3.05. The quantitative estimate of drug-likeness (QED) is 0.888. The molecule has 0 saturated heterocycles. The summed E-state index contributed by atoms with van der Waals surface area (Å²) in [5.41, 5.74) is 0.808. The number of carboxylic acid groups (broad SMARTS) is 1. The summed E-state index contributed by atoms with van der Waals surface area (Å²) >= 11 is 1.58. The Labute approximate surface area is 96.6 Å².